The van der Waals surface area contributed by atoms with Crippen LogP contribution in [-0.2, 0) is 23.0 Å². The summed E-state index contributed by atoms with van der Waals surface area (Å²) >= 11 is 5.99. The zero-order valence-electron chi connectivity index (χ0n) is 19.3. The summed E-state index contributed by atoms with van der Waals surface area (Å²) in [5.41, 5.74) is 2.13. The summed E-state index contributed by atoms with van der Waals surface area (Å²) in [6, 6.07) is 18.3. The first-order valence-corrected chi connectivity index (χ1v) is 13.3. The number of methoxy groups -OCH3 is 1. The van der Waals surface area contributed by atoms with Crippen LogP contribution in [0.4, 0.5) is 0 Å². The highest BCUT2D eigenvalue weighted by atomic mass is 35.5. The predicted octanol–water partition coefficient (Wildman–Crippen LogP) is 4.64. The van der Waals surface area contributed by atoms with E-state index in [9.17, 15) is 8.42 Å². The lowest BCUT2D eigenvalue weighted by molar-refractivity contribution is 0.157. The SMILES string of the molecule is COc1cccc(S(=O)(=O)N(Cc2cccnc2)C2CCN(CCc3ccc(Cl)cc3)CC2)c1. The van der Waals surface area contributed by atoms with E-state index >= 15 is 0 Å². The number of nitrogens with zero attached hydrogens (tertiary/aromatic N) is 3. The van der Waals surface area contributed by atoms with Gasteiger partial charge in [-0.05, 0) is 73.8 Å². The Bertz CT molecular complexity index is 1170. The van der Waals surface area contributed by atoms with Crippen LogP contribution in [0.5, 0.6) is 5.75 Å². The summed E-state index contributed by atoms with van der Waals surface area (Å²) in [4.78, 5) is 6.84. The topological polar surface area (TPSA) is 62.7 Å². The summed E-state index contributed by atoms with van der Waals surface area (Å²) in [5, 5.41) is 0.746. The number of benzene rings is 2. The van der Waals surface area contributed by atoms with E-state index in [1.807, 2.05) is 24.3 Å². The Morgan fingerprint density at radius 3 is 2.50 bits per heavy atom. The molecule has 1 aliphatic rings. The number of halogens is 1. The van der Waals surface area contributed by atoms with Crippen LogP contribution in [0.3, 0.4) is 0 Å². The van der Waals surface area contributed by atoms with Gasteiger partial charge in [-0.2, -0.15) is 4.31 Å². The molecule has 34 heavy (non-hydrogen) atoms. The van der Waals surface area contributed by atoms with Crippen LogP contribution in [0, 0.1) is 0 Å². The molecule has 2 heterocycles. The van der Waals surface area contributed by atoms with E-state index in [1.54, 1.807) is 48.1 Å². The molecule has 0 unspecified atom stereocenters. The molecule has 0 bridgehead atoms. The van der Waals surface area contributed by atoms with Crippen molar-refractivity contribution in [2.75, 3.05) is 26.7 Å². The van der Waals surface area contributed by atoms with E-state index in [2.05, 4.69) is 22.0 Å². The third kappa shape index (κ3) is 6.16. The average Bonchev–Trinajstić information content (AvgIpc) is 2.88. The number of piperidine rings is 1. The number of sulfonamides is 1. The van der Waals surface area contributed by atoms with E-state index < -0.39 is 10.0 Å². The fourth-order valence-electron chi connectivity index (χ4n) is 4.35. The predicted molar refractivity (Wildman–Crippen MR) is 135 cm³/mol. The van der Waals surface area contributed by atoms with Crippen molar-refractivity contribution < 1.29 is 13.2 Å². The maximum Gasteiger partial charge on any atom is 0.243 e. The lowest BCUT2D eigenvalue weighted by Crippen LogP contribution is -2.47. The number of hydrogen-bond acceptors (Lipinski definition) is 5. The van der Waals surface area contributed by atoms with Gasteiger partial charge in [0, 0.05) is 42.6 Å². The van der Waals surface area contributed by atoms with Crippen LogP contribution < -0.4 is 4.74 Å². The highest BCUT2D eigenvalue weighted by molar-refractivity contribution is 7.89. The van der Waals surface area contributed by atoms with Crippen molar-refractivity contribution in [3.8, 4) is 5.75 Å². The van der Waals surface area contributed by atoms with Crippen molar-refractivity contribution in [2.24, 2.45) is 0 Å². The molecule has 0 aliphatic carbocycles. The summed E-state index contributed by atoms with van der Waals surface area (Å²) < 4.78 is 34.4. The molecule has 0 atom stereocenters. The minimum atomic E-state index is -3.71. The van der Waals surface area contributed by atoms with Crippen molar-refractivity contribution in [2.45, 2.75) is 36.7 Å². The molecule has 0 saturated carbocycles. The van der Waals surface area contributed by atoms with E-state index in [0.29, 0.717) is 12.3 Å². The molecule has 8 heteroatoms. The molecule has 1 aliphatic heterocycles. The van der Waals surface area contributed by atoms with Crippen LogP contribution in [0.1, 0.15) is 24.0 Å². The average molecular weight is 500 g/mol. The van der Waals surface area contributed by atoms with Crippen molar-refractivity contribution in [1.82, 2.24) is 14.2 Å². The number of likely N-dealkylation sites (tertiary alicyclic amines) is 1. The first kappa shape index (κ1) is 24.7. The number of aromatic nitrogens is 1. The molecular formula is C26H30ClN3O3S. The molecular weight excluding hydrogens is 470 g/mol. The third-order valence-electron chi connectivity index (χ3n) is 6.30. The van der Waals surface area contributed by atoms with Crippen molar-refractivity contribution in [3.05, 3.63) is 89.2 Å². The Morgan fingerprint density at radius 1 is 1.06 bits per heavy atom. The molecule has 6 nitrogen and oxygen atoms in total. The maximum absolute atomic E-state index is 13.7. The second-order valence-electron chi connectivity index (χ2n) is 8.54. The smallest absolute Gasteiger partial charge is 0.243 e. The quantitative estimate of drug-likeness (QED) is 0.429. The molecule has 0 amide bonds. The Kier molecular flexibility index (Phi) is 8.21. The summed E-state index contributed by atoms with van der Waals surface area (Å²) in [5.74, 6) is 0.527. The van der Waals surface area contributed by atoms with E-state index in [-0.39, 0.29) is 10.9 Å². The van der Waals surface area contributed by atoms with Crippen LogP contribution >= 0.6 is 11.6 Å². The van der Waals surface area contributed by atoms with Gasteiger partial charge in [0.25, 0.3) is 0 Å². The molecule has 180 valence electrons. The first-order chi connectivity index (χ1) is 16.5. The Balaban J connectivity index is 1.48. The van der Waals surface area contributed by atoms with Crippen molar-refractivity contribution in [3.63, 3.8) is 0 Å². The maximum atomic E-state index is 13.7. The Labute approximate surface area is 207 Å². The van der Waals surface area contributed by atoms with Crippen LogP contribution in [0.15, 0.2) is 78.0 Å². The molecule has 0 radical (unpaired) electrons. The normalized spacial score (nSPS) is 15.5. The standard InChI is InChI=1S/C26H30ClN3O3S/c1-33-25-5-2-6-26(18-25)34(31,32)30(20-22-4-3-14-28-19-22)24-12-16-29(17-13-24)15-11-21-7-9-23(27)10-8-21/h2-10,14,18-19,24H,11-13,15-17,20H2,1H3. The summed E-state index contributed by atoms with van der Waals surface area (Å²) in [7, 11) is -2.17. The number of hydrogen-bond donors (Lipinski definition) is 0. The molecule has 2 aromatic carbocycles. The molecule has 0 spiro atoms. The minimum absolute atomic E-state index is 0.0804. The molecule has 1 fully saturated rings. The van der Waals surface area contributed by atoms with Gasteiger partial charge in [-0.1, -0.05) is 35.9 Å². The molecule has 1 saturated heterocycles. The summed E-state index contributed by atoms with van der Waals surface area (Å²) in [6.07, 6.45) is 5.94. The number of pyridine rings is 1. The monoisotopic (exact) mass is 499 g/mol. The largest absolute Gasteiger partial charge is 0.497 e. The zero-order chi connectivity index (χ0) is 24.0. The third-order valence-corrected chi connectivity index (χ3v) is 8.45. The Hall–Kier alpha value is -2.45. The lowest BCUT2D eigenvalue weighted by atomic mass is 10.0. The summed E-state index contributed by atoms with van der Waals surface area (Å²) in [6.45, 7) is 2.95. The van der Waals surface area contributed by atoms with Crippen molar-refractivity contribution in [1.29, 1.82) is 0 Å². The van der Waals surface area contributed by atoms with Gasteiger partial charge in [0.15, 0.2) is 0 Å². The Morgan fingerprint density at radius 2 is 1.82 bits per heavy atom. The van der Waals surface area contributed by atoms with Gasteiger partial charge in [0.1, 0.15) is 5.75 Å². The van der Waals surface area contributed by atoms with Gasteiger partial charge >= 0.3 is 0 Å². The van der Waals surface area contributed by atoms with Gasteiger partial charge < -0.3 is 9.64 Å². The fraction of sp³-hybridized carbons (Fsp3) is 0.346. The van der Waals surface area contributed by atoms with Gasteiger partial charge in [-0.25, -0.2) is 8.42 Å². The molecule has 0 N–H and O–H groups in total. The zero-order valence-corrected chi connectivity index (χ0v) is 20.9. The van der Waals surface area contributed by atoms with Gasteiger partial charge in [0.05, 0.1) is 12.0 Å². The first-order valence-electron chi connectivity index (χ1n) is 11.5. The van der Waals surface area contributed by atoms with E-state index in [0.717, 1.165) is 49.5 Å². The molecule has 3 aromatic rings. The fourth-order valence-corrected chi connectivity index (χ4v) is 6.18. The van der Waals surface area contributed by atoms with Gasteiger partial charge in [-0.15, -0.1) is 0 Å². The molecule has 4 rings (SSSR count). The molecule has 1 aromatic heterocycles. The lowest BCUT2D eigenvalue weighted by Gasteiger charge is -2.38. The second-order valence-corrected chi connectivity index (χ2v) is 10.9. The van der Waals surface area contributed by atoms with E-state index in [1.165, 1.54) is 5.56 Å². The number of rotatable bonds is 9. The number of ether oxygens (including phenoxy) is 1. The van der Waals surface area contributed by atoms with Crippen molar-refractivity contribution >= 4 is 21.6 Å². The van der Waals surface area contributed by atoms with Crippen LogP contribution in [0.25, 0.3) is 0 Å². The van der Waals surface area contributed by atoms with Gasteiger partial charge in [0.2, 0.25) is 10.0 Å². The minimum Gasteiger partial charge on any atom is -0.497 e. The second kappa shape index (κ2) is 11.3. The van der Waals surface area contributed by atoms with Crippen LogP contribution in [0.2, 0.25) is 5.02 Å². The van der Waals surface area contributed by atoms with Crippen LogP contribution in [-0.4, -0.2) is 55.4 Å². The van der Waals surface area contributed by atoms with Gasteiger partial charge in [-0.3, -0.25) is 4.98 Å². The van der Waals surface area contributed by atoms with E-state index in [4.69, 9.17) is 16.3 Å². The highest BCUT2D eigenvalue weighted by Gasteiger charge is 2.34. The highest BCUT2D eigenvalue weighted by Crippen LogP contribution is 2.28.